The lowest BCUT2D eigenvalue weighted by Crippen LogP contribution is -2.16. The zero-order chi connectivity index (χ0) is 18.4. The van der Waals surface area contributed by atoms with Crippen molar-refractivity contribution in [2.45, 2.75) is 26.4 Å². The van der Waals surface area contributed by atoms with Gasteiger partial charge < -0.3 is 15.4 Å². The molecule has 6 nitrogen and oxygen atoms in total. The van der Waals surface area contributed by atoms with E-state index in [9.17, 15) is 4.79 Å². The highest BCUT2D eigenvalue weighted by atomic mass is 16.5. The minimum atomic E-state index is -0.0617. The maximum atomic E-state index is 12.1. The summed E-state index contributed by atoms with van der Waals surface area (Å²) in [4.78, 5) is 20.6. The van der Waals surface area contributed by atoms with Crippen molar-refractivity contribution < 1.29 is 9.53 Å². The van der Waals surface area contributed by atoms with Crippen LogP contribution in [0.3, 0.4) is 0 Å². The molecule has 0 saturated heterocycles. The van der Waals surface area contributed by atoms with Gasteiger partial charge in [0, 0.05) is 24.0 Å². The molecule has 0 saturated carbocycles. The second-order valence-electron chi connectivity index (χ2n) is 6.16. The Hall–Kier alpha value is -3.15. The van der Waals surface area contributed by atoms with Crippen molar-refractivity contribution in [3.8, 4) is 5.75 Å². The normalized spacial score (nSPS) is 10.7. The molecule has 0 spiro atoms. The monoisotopic (exact) mass is 350 g/mol. The van der Waals surface area contributed by atoms with Crippen LogP contribution in [0.2, 0.25) is 0 Å². The average molecular weight is 350 g/mol. The number of amides is 1. The number of para-hydroxylation sites is 1. The molecule has 0 radical (unpaired) electrons. The Bertz CT molecular complexity index is 873. The Morgan fingerprint density at radius 3 is 2.62 bits per heavy atom. The van der Waals surface area contributed by atoms with Gasteiger partial charge in [-0.3, -0.25) is 4.79 Å². The zero-order valence-electron chi connectivity index (χ0n) is 14.9. The number of rotatable bonds is 7. The molecule has 0 unspecified atom stereocenters. The summed E-state index contributed by atoms with van der Waals surface area (Å²) in [6.45, 7) is 4.44. The largest absolute Gasteiger partial charge is 0.491 e. The van der Waals surface area contributed by atoms with Gasteiger partial charge in [0.15, 0.2) is 0 Å². The lowest BCUT2D eigenvalue weighted by molar-refractivity contribution is -0.115. The van der Waals surface area contributed by atoms with Crippen LogP contribution in [0.15, 0.2) is 54.9 Å². The summed E-state index contributed by atoms with van der Waals surface area (Å²) in [5.41, 5.74) is 1.62. The molecular weight excluding hydrogens is 328 g/mol. The van der Waals surface area contributed by atoms with E-state index < -0.39 is 0 Å². The smallest absolute Gasteiger partial charge is 0.226 e. The van der Waals surface area contributed by atoms with Gasteiger partial charge in [0.25, 0.3) is 0 Å². The topological polar surface area (TPSA) is 76.1 Å². The number of hydrogen-bond donors (Lipinski definition) is 2. The van der Waals surface area contributed by atoms with Gasteiger partial charge in [-0.05, 0) is 50.2 Å². The first-order valence-corrected chi connectivity index (χ1v) is 8.62. The molecule has 3 aromatic rings. The SMILES string of the molecule is CC(C)Oc1ccc(NC(=O)CCNc2ncnc3ccccc23)cc1. The van der Waals surface area contributed by atoms with Crippen LogP contribution in [0, 0.1) is 0 Å². The number of ether oxygens (including phenoxy) is 1. The number of benzene rings is 2. The molecule has 0 fully saturated rings. The Labute approximate surface area is 152 Å². The standard InChI is InChI=1S/C20H22N4O2/c1-14(2)26-16-9-7-15(8-10-16)24-19(25)11-12-21-20-17-5-3-4-6-18(17)22-13-23-20/h3-10,13-14H,11-12H2,1-2H3,(H,24,25)(H,21,22,23). The predicted molar refractivity (Wildman–Crippen MR) is 103 cm³/mol. The van der Waals surface area contributed by atoms with E-state index in [0.717, 1.165) is 28.2 Å². The molecule has 6 heteroatoms. The van der Waals surface area contributed by atoms with Gasteiger partial charge in [-0.1, -0.05) is 12.1 Å². The Kier molecular flexibility index (Phi) is 5.63. The van der Waals surface area contributed by atoms with Crippen LogP contribution in [0.4, 0.5) is 11.5 Å². The van der Waals surface area contributed by atoms with Crippen molar-refractivity contribution in [1.29, 1.82) is 0 Å². The van der Waals surface area contributed by atoms with Gasteiger partial charge in [0.1, 0.15) is 17.9 Å². The fraction of sp³-hybridized carbons (Fsp3) is 0.250. The van der Waals surface area contributed by atoms with Crippen molar-refractivity contribution >= 4 is 28.3 Å². The Morgan fingerprint density at radius 1 is 1.08 bits per heavy atom. The lowest BCUT2D eigenvalue weighted by atomic mass is 10.2. The van der Waals surface area contributed by atoms with E-state index in [4.69, 9.17) is 4.74 Å². The van der Waals surface area contributed by atoms with Crippen molar-refractivity contribution in [2.24, 2.45) is 0 Å². The van der Waals surface area contributed by atoms with Gasteiger partial charge in [0.2, 0.25) is 5.91 Å². The molecule has 2 N–H and O–H groups in total. The van der Waals surface area contributed by atoms with Gasteiger partial charge in [-0.2, -0.15) is 0 Å². The molecular formula is C20H22N4O2. The summed E-state index contributed by atoms with van der Waals surface area (Å²) in [7, 11) is 0. The third kappa shape index (κ3) is 4.69. The fourth-order valence-electron chi connectivity index (χ4n) is 2.55. The number of nitrogens with zero attached hydrogens (tertiary/aromatic N) is 2. The van der Waals surface area contributed by atoms with E-state index in [-0.39, 0.29) is 12.0 Å². The Balaban J connectivity index is 1.51. The van der Waals surface area contributed by atoms with Crippen molar-refractivity contribution in [2.75, 3.05) is 17.2 Å². The van der Waals surface area contributed by atoms with E-state index in [1.165, 1.54) is 6.33 Å². The first kappa shape index (κ1) is 17.7. The molecule has 0 bridgehead atoms. The average Bonchev–Trinajstić information content (AvgIpc) is 2.63. The molecule has 1 aromatic heterocycles. The van der Waals surface area contributed by atoms with Gasteiger partial charge in [-0.15, -0.1) is 0 Å². The van der Waals surface area contributed by atoms with Crippen molar-refractivity contribution in [3.63, 3.8) is 0 Å². The molecule has 26 heavy (non-hydrogen) atoms. The minimum absolute atomic E-state index is 0.0617. The van der Waals surface area contributed by atoms with E-state index in [1.54, 1.807) is 0 Å². The maximum Gasteiger partial charge on any atom is 0.226 e. The van der Waals surface area contributed by atoms with E-state index in [1.807, 2.05) is 62.4 Å². The van der Waals surface area contributed by atoms with Crippen LogP contribution in [-0.2, 0) is 4.79 Å². The van der Waals surface area contributed by atoms with Crippen LogP contribution in [0.5, 0.6) is 5.75 Å². The maximum absolute atomic E-state index is 12.1. The van der Waals surface area contributed by atoms with Gasteiger partial charge >= 0.3 is 0 Å². The minimum Gasteiger partial charge on any atom is -0.491 e. The van der Waals surface area contributed by atoms with E-state index in [0.29, 0.717) is 13.0 Å². The van der Waals surface area contributed by atoms with Crippen LogP contribution in [0.25, 0.3) is 10.9 Å². The van der Waals surface area contributed by atoms with Gasteiger partial charge in [0.05, 0.1) is 11.6 Å². The molecule has 2 aromatic carbocycles. The van der Waals surface area contributed by atoms with Crippen LogP contribution >= 0.6 is 0 Å². The summed E-state index contributed by atoms with van der Waals surface area (Å²) < 4.78 is 5.59. The lowest BCUT2D eigenvalue weighted by Gasteiger charge is -2.11. The van der Waals surface area contributed by atoms with Gasteiger partial charge in [-0.25, -0.2) is 9.97 Å². The van der Waals surface area contributed by atoms with Crippen molar-refractivity contribution in [1.82, 2.24) is 9.97 Å². The van der Waals surface area contributed by atoms with Crippen LogP contribution in [-0.4, -0.2) is 28.5 Å². The third-order valence-electron chi connectivity index (χ3n) is 3.70. The molecule has 1 heterocycles. The zero-order valence-corrected chi connectivity index (χ0v) is 14.9. The van der Waals surface area contributed by atoms with E-state index >= 15 is 0 Å². The highest BCUT2D eigenvalue weighted by molar-refractivity contribution is 5.92. The molecule has 1 amide bonds. The molecule has 0 atom stereocenters. The first-order valence-electron chi connectivity index (χ1n) is 8.62. The highest BCUT2D eigenvalue weighted by Crippen LogP contribution is 2.19. The van der Waals surface area contributed by atoms with Crippen LogP contribution < -0.4 is 15.4 Å². The second-order valence-corrected chi connectivity index (χ2v) is 6.16. The van der Waals surface area contributed by atoms with E-state index in [2.05, 4.69) is 20.6 Å². The first-order chi connectivity index (χ1) is 12.6. The summed E-state index contributed by atoms with van der Waals surface area (Å²) in [5.74, 6) is 1.46. The van der Waals surface area contributed by atoms with Crippen LogP contribution in [0.1, 0.15) is 20.3 Å². The number of carbonyl (C=O) groups is 1. The molecule has 0 aliphatic rings. The second kappa shape index (κ2) is 8.29. The predicted octanol–water partition coefficient (Wildman–Crippen LogP) is 3.86. The number of carbonyl (C=O) groups excluding carboxylic acids is 1. The Morgan fingerprint density at radius 2 is 1.85 bits per heavy atom. The number of nitrogens with one attached hydrogen (secondary N) is 2. The summed E-state index contributed by atoms with van der Waals surface area (Å²) in [6.07, 6.45) is 1.98. The third-order valence-corrected chi connectivity index (χ3v) is 3.70. The quantitative estimate of drug-likeness (QED) is 0.677. The number of fused-ring (bicyclic) bond motifs is 1. The molecule has 0 aliphatic carbocycles. The molecule has 134 valence electrons. The summed E-state index contributed by atoms with van der Waals surface area (Å²) in [5, 5.41) is 7.02. The number of anilines is 2. The number of hydrogen-bond acceptors (Lipinski definition) is 5. The molecule has 0 aliphatic heterocycles. The highest BCUT2D eigenvalue weighted by Gasteiger charge is 2.06. The number of aromatic nitrogens is 2. The fourth-order valence-corrected chi connectivity index (χ4v) is 2.55. The molecule has 3 rings (SSSR count). The summed E-state index contributed by atoms with van der Waals surface area (Å²) in [6, 6.07) is 15.1. The van der Waals surface area contributed by atoms with Crippen molar-refractivity contribution in [3.05, 3.63) is 54.9 Å². The summed E-state index contributed by atoms with van der Waals surface area (Å²) >= 11 is 0.